The van der Waals surface area contributed by atoms with Crippen molar-refractivity contribution in [3.63, 3.8) is 0 Å². The Morgan fingerprint density at radius 2 is 1.82 bits per heavy atom. The van der Waals surface area contributed by atoms with Crippen LogP contribution < -0.4 is 32.2 Å². The average Bonchev–Trinajstić information content (AvgIpc) is 3.74. The lowest BCUT2D eigenvalue weighted by molar-refractivity contribution is -0.119. The Balaban J connectivity index is 1.89. The van der Waals surface area contributed by atoms with Gasteiger partial charge in [0, 0.05) is 35.3 Å². The highest BCUT2D eigenvalue weighted by Crippen LogP contribution is 2.41. The largest absolute Gasteiger partial charge is 0.484 e. The minimum absolute atomic E-state index is 0.102. The highest BCUT2D eigenvalue weighted by Gasteiger charge is 2.36. The number of halogens is 2. The summed E-state index contributed by atoms with van der Waals surface area (Å²) in [5, 5.41) is 0.102. The molecule has 10 nitrogen and oxygen atoms in total. The smallest absolute Gasteiger partial charge is 0.335 e. The molecular weight excluding hydrogens is 620 g/mol. The Kier molecular flexibility index (Phi) is 6.83. The van der Waals surface area contributed by atoms with E-state index >= 15 is 4.39 Å². The molecule has 1 fully saturated rings. The number of benzene rings is 2. The first kappa shape index (κ1) is 26.7. The van der Waals surface area contributed by atoms with E-state index in [1.807, 2.05) is 22.6 Å². The van der Waals surface area contributed by atoms with Crippen LogP contribution >= 0.6 is 22.6 Å². The summed E-state index contributed by atoms with van der Waals surface area (Å²) in [6, 6.07) is 11.0. The number of ether oxygens (including phenoxy) is 1. The number of pyridine rings is 1. The molecule has 1 amide bonds. The minimum Gasteiger partial charge on any atom is -0.484 e. The predicted octanol–water partition coefficient (Wildman–Crippen LogP) is 2.60. The van der Waals surface area contributed by atoms with Gasteiger partial charge in [0.15, 0.2) is 6.61 Å². The molecule has 202 valence electrons. The quantitative estimate of drug-likeness (QED) is 0.309. The average molecular weight is 645 g/mol. The fourth-order valence-electron chi connectivity index (χ4n) is 4.77. The number of fused-ring (bicyclic) bond motifs is 1. The van der Waals surface area contributed by atoms with Gasteiger partial charge in [0.25, 0.3) is 17.0 Å². The van der Waals surface area contributed by atoms with E-state index < -0.39 is 28.5 Å². The fraction of sp³-hybridized carbons (Fsp3) is 0.259. The lowest BCUT2D eigenvalue weighted by Crippen LogP contribution is -2.41. The van der Waals surface area contributed by atoms with Crippen molar-refractivity contribution in [2.75, 3.05) is 11.5 Å². The van der Waals surface area contributed by atoms with Crippen molar-refractivity contribution in [2.45, 2.75) is 25.8 Å². The highest BCUT2D eigenvalue weighted by atomic mass is 127. The lowest BCUT2D eigenvalue weighted by Gasteiger charge is -2.29. The van der Waals surface area contributed by atoms with E-state index in [2.05, 4.69) is 0 Å². The number of aromatic nitrogens is 3. The number of amides is 1. The number of carbonyl (C=O) groups is 1. The lowest BCUT2D eigenvalue weighted by atomic mass is 10.1. The van der Waals surface area contributed by atoms with E-state index in [0.29, 0.717) is 9.26 Å². The first-order chi connectivity index (χ1) is 18.5. The van der Waals surface area contributed by atoms with E-state index in [-0.39, 0.29) is 46.4 Å². The number of aryl methyl sites for hydroxylation is 1. The maximum atomic E-state index is 15.3. The Hall–Kier alpha value is -3.94. The zero-order valence-electron chi connectivity index (χ0n) is 21.4. The minimum atomic E-state index is -0.680. The summed E-state index contributed by atoms with van der Waals surface area (Å²) in [5.74, 6) is -0.683. The zero-order chi connectivity index (χ0) is 28.2. The molecule has 0 atom stereocenters. The molecular formula is C27H25FIN5O5. The maximum Gasteiger partial charge on any atom is 0.335 e. The molecule has 12 heteroatoms. The summed E-state index contributed by atoms with van der Waals surface area (Å²) >= 11 is 2.02. The van der Waals surface area contributed by atoms with Crippen molar-refractivity contribution in [3.8, 4) is 11.4 Å². The number of hydrogen-bond acceptors (Lipinski definition) is 6. The normalized spacial score (nSPS) is 13.1. The molecule has 1 saturated carbocycles. The molecule has 2 aromatic carbocycles. The Morgan fingerprint density at radius 1 is 1.10 bits per heavy atom. The summed E-state index contributed by atoms with van der Waals surface area (Å²) in [7, 11) is 2.89. The summed E-state index contributed by atoms with van der Waals surface area (Å²) in [6.07, 6.45) is 1.49. The summed E-state index contributed by atoms with van der Waals surface area (Å²) in [6.45, 7) is 1.18. The number of anilines is 2. The zero-order valence-corrected chi connectivity index (χ0v) is 23.6. The van der Waals surface area contributed by atoms with E-state index in [0.717, 1.165) is 17.4 Å². The third-order valence-electron chi connectivity index (χ3n) is 6.75. The van der Waals surface area contributed by atoms with Gasteiger partial charge < -0.3 is 15.4 Å². The summed E-state index contributed by atoms with van der Waals surface area (Å²) in [4.78, 5) is 53.8. The van der Waals surface area contributed by atoms with Crippen LogP contribution in [0.5, 0.6) is 5.75 Å². The second-order valence-corrected chi connectivity index (χ2v) is 10.7. The molecule has 4 aromatic rings. The van der Waals surface area contributed by atoms with Gasteiger partial charge in [-0.2, -0.15) is 0 Å². The van der Waals surface area contributed by atoms with E-state index in [4.69, 9.17) is 10.5 Å². The molecule has 2 aromatic heterocycles. The molecule has 5 rings (SSSR count). The van der Waals surface area contributed by atoms with Crippen molar-refractivity contribution in [1.82, 2.24) is 13.7 Å². The first-order valence-electron chi connectivity index (χ1n) is 12.1. The Labute approximate surface area is 235 Å². The number of hydrogen-bond donors (Lipinski definition) is 1. The third kappa shape index (κ3) is 4.62. The molecule has 0 unspecified atom stereocenters. The number of carbonyl (C=O) groups excluding carboxylic acids is 1. The molecule has 0 spiro atoms. The van der Waals surface area contributed by atoms with Gasteiger partial charge in [0.05, 0.1) is 16.9 Å². The van der Waals surface area contributed by atoms with E-state index in [1.165, 1.54) is 35.4 Å². The van der Waals surface area contributed by atoms with Crippen LogP contribution in [0.1, 0.15) is 18.4 Å². The SMILES string of the molecule is Cc1c(=O)n(C)c(N(c2ccc(I)cc2F)C2CC2)c2c(=O)n(C)c(=O)n(-c3cccc(OCC(N)=O)c3)c12. The van der Waals surface area contributed by atoms with Crippen LogP contribution in [-0.2, 0) is 18.9 Å². The molecule has 2 N–H and O–H groups in total. The Bertz CT molecular complexity index is 1840. The number of nitrogens with two attached hydrogens (primary N) is 1. The fourth-order valence-corrected chi connectivity index (χ4v) is 5.22. The third-order valence-corrected chi connectivity index (χ3v) is 7.42. The van der Waals surface area contributed by atoms with Crippen LogP contribution in [0.15, 0.2) is 56.8 Å². The second kappa shape index (κ2) is 9.98. The number of primary amides is 1. The van der Waals surface area contributed by atoms with Crippen molar-refractivity contribution < 1.29 is 13.9 Å². The Morgan fingerprint density at radius 3 is 2.46 bits per heavy atom. The van der Waals surface area contributed by atoms with Gasteiger partial charge in [-0.05, 0) is 72.7 Å². The first-order valence-corrected chi connectivity index (χ1v) is 13.2. The van der Waals surface area contributed by atoms with Gasteiger partial charge in [-0.25, -0.2) is 9.18 Å². The molecule has 1 aliphatic carbocycles. The summed E-state index contributed by atoms with van der Waals surface area (Å²) < 4.78 is 25.0. The van der Waals surface area contributed by atoms with Crippen LogP contribution in [0, 0.1) is 16.3 Å². The van der Waals surface area contributed by atoms with Crippen LogP contribution in [0.2, 0.25) is 0 Å². The van der Waals surface area contributed by atoms with Crippen molar-refractivity contribution >= 4 is 50.9 Å². The monoisotopic (exact) mass is 645 g/mol. The predicted molar refractivity (Wildman–Crippen MR) is 154 cm³/mol. The number of nitrogens with zero attached hydrogens (tertiary/aromatic N) is 4. The molecule has 0 radical (unpaired) electrons. The van der Waals surface area contributed by atoms with Gasteiger partial charge in [0.1, 0.15) is 22.8 Å². The molecule has 1 aliphatic rings. The van der Waals surface area contributed by atoms with Gasteiger partial charge >= 0.3 is 5.69 Å². The van der Waals surface area contributed by atoms with Gasteiger partial charge in [0.2, 0.25) is 0 Å². The molecule has 0 aliphatic heterocycles. The van der Waals surface area contributed by atoms with Gasteiger partial charge in [-0.1, -0.05) is 6.07 Å². The maximum absolute atomic E-state index is 15.3. The van der Waals surface area contributed by atoms with Crippen LogP contribution in [0.4, 0.5) is 15.9 Å². The van der Waals surface area contributed by atoms with E-state index in [9.17, 15) is 19.2 Å². The second-order valence-electron chi connectivity index (χ2n) is 9.47. The summed E-state index contributed by atoms with van der Waals surface area (Å²) in [5.41, 5.74) is 4.30. The molecule has 0 bridgehead atoms. The van der Waals surface area contributed by atoms with Crippen molar-refractivity contribution in [2.24, 2.45) is 19.8 Å². The molecule has 39 heavy (non-hydrogen) atoms. The van der Waals surface area contributed by atoms with E-state index in [1.54, 1.807) is 42.2 Å². The molecule has 2 heterocycles. The molecule has 0 saturated heterocycles. The topological polar surface area (TPSA) is 122 Å². The van der Waals surface area contributed by atoms with Crippen molar-refractivity contribution in [3.05, 3.63) is 88.6 Å². The number of rotatable bonds is 7. The highest BCUT2D eigenvalue weighted by molar-refractivity contribution is 14.1. The standard InChI is InChI=1S/C27H25FIN5O5/c1-14-23-22(24(31(2)25(14)36)33(16-8-9-16)20-10-7-15(29)11-19(20)28)26(37)32(3)27(38)34(23)17-5-4-6-18(12-17)39-13-21(30)35/h4-7,10-12,16H,8-9,13H2,1-3H3,(H2,30,35). The van der Waals surface area contributed by atoms with Crippen LogP contribution in [-0.4, -0.2) is 32.3 Å². The van der Waals surface area contributed by atoms with Gasteiger partial charge in [-0.3, -0.25) is 28.1 Å². The van der Waals surface area contributed by atoms with Crippen LogP contribution in [0.3, 0.4) is 0 Å². The van der Waals surface area contributed by atoms with Crippen molar-refractivity contribution in [1.29, 1.82) is 0 Å². The van der Waals surface area contributed by atoms with Gasteiger partial charge in [-0.15, -0.1) is 0 Å². The van der Waals surface area contributed by atoms with Crippen LogP contribution in [0.25, 0.3) is 16.6 Å².